The van der Waals surface area contributed by atoms with Crippen molar-refractivity contribution in [1.82, 2.24) is 20.0 Å². The third-order valence-corrected chi connectivity index (χ3v) is 4.82. The second-order valence-electron chi connectivity index (χ2n) is 6.37. The van der Waals surface area contributed by atoms with E-state index in [2.05, 4.69) is 10.4 Å². The molecule has 1 saturated heterocycles. The van der Waals surface area contributed by atoms with E-state index in [1.807, 2.05) is 25.8 Å². The molecule has 1 aromatic carbocycles. The summed E-state index contributed by atoms with van der Waals surface area (Å²) < 4.78 is 14.9. The number of hydrogen-bond acceptors (Lipinski definition) is 3. The molecule has 1 aliphatic rings. The Morgan fingerprint density at radius 2 is 2.04 bits per heavy atom. The maximum absolute atomic E-state index is 13.1. The molecule has 0 radical (unpaired) electrons. The molecular formula is C18H24ClFN4O. The summed E-state index contributed by atoms with van der Waals surface area (Å²) in [6.45, 7) is 5.67. The lowest BCUT2D eigenvalue weighted by Crippen LogP contribution is -2.39. The molecule has 136 valence electrons. The maximum atomic E-state index is 13.1. The fourth-order valence-electron chi connectivity index (χ4n) is 3.21. The fourth-order valence-corrected chi connectivity index (χ4v) is 3.21. The number of carbonyl (C=O) groups is 1. The Hall–Kier alpha value is -1.92. The Labute approximate surface area is 153 Å². The van der Waals surface area contributed by atoms with E-state index < -0.39 is 0 Å². The molecule has 1 amide bonds. The highest BCUT2D eigenvalue weighted by molar-refractivity contribution is 5.85. The van der Waals surface area contributed by atoms with Crippen LogP contribution >= 0.6 is 12.4 Å². The number of nitrogens with zero attached hydrogens (tertiary/aromatic N) is 3. The summed E-state index contributed by atoms with van der Waals surface area (Å²) in [6, 6.07) is 6.48. The fraction of sp³-hybridized carbons (Fsp3) is 0.444. The lowest BCUT2D eigenvalue weighted by molar-refractivity contribution is -0.130. The number of nitrogens with one attached hydrogen (secondary N) is 1. The number of aryl methyl sites for hydroxylation is 1. The Morgan fingerprint density at radius 3 is 2.64 bits per heavy atom. The first-order valence-corrected chi connectivity index (χ1v) is 8.25. The van der Waals surface area contributed by atoms with Crippen molar-refractivity contribution in [2.75, 3.05) is 20.1 Å². The highest BCUT2D eigenvalue weighted by Gasteiger charge is 2.25. The quantitative estimate of drug-likeness (QED) is 0.904. The third kappa shape index (κ3) is 4.02. The van der Waals surface area contributed by atoms with E-state index in [1.165, 1.54) is 12.1 Å². The summed E-state index contributed by atoms with van der Waals surface area (Å²) in [6.07, 6.45) is 1.33. The van der Waals surface area contributed by atoms with Crippen molar-refractivity contribution < 1.29 is 9.18 Å². The van der Waals surface area contributed by atoms with Crippen molar-refractivity contribution in [3.8, 4) is 5.69 Å². The second-order valence-corrected chi connectivity index (χ2v) is 6.37. The molecule has 0 saturated carbocycles. The summed E-state index contributed by atoms with van der Waals surface area (Å²) in [7, 11) is 1.87. The molecule has 5 nitrogen and oxygen atoms in total. The molecular weight excluding hydrogens is 343 g/mol. The van der Waals surface area contributed by atoms with E-state index in [1.54, 1.807) is 16.8 Å². The van der Waals surface area contributed by atoms with Gasteiger partial charge >= 0.3 is 0 Å². The van der Waals surface area contributed by atoms with Crippen LogP contribution in [0.25, 0.3) is 5.69 Å². The van der Waals surface area contributed by atoms with Gasteiger partial charge in [-0.15, -0.1) is 12.4 Å². The molecule has 2 aromatic rings. The van der Waals surface area contributed by atoms with Gasteiger partial charge in [0.25, 0.3) is 0 Å². The molecule has 0 aliphatic carbocycles. The van der Waals surface area contributed by atoms with Crippen LogP contribution in [0.5, 0.6) is 0 Å². The smallest absolute Gasteiger partial charge is 0.227 e. The van der Waals surface area contributed by atoms with Crippen LogP contribution in [0, 0.1) is 19.7 Å². The van der Waals surface area contributed by atoms with Gasteiger partial charge in [-0.3, -0.25) is 4.79 Å². The van der Waals surface area contributed by atoms with Gasteiger partial charge in [-0.25, -0.2) is 9.07 Å². The first kappa shape index (κ1) is 19.4. The van der Waals surface area contributed by atoms with E-state index >= 15 is 0 Å². The largest absolute Gasteiger partial charge is 0.341 e. The summed E-state index contributed by atoms with van der Waals surface area (Å²) in [5.74, 6) is -0.170. The minimum atomic E-state index is -0.275. The highest BCUT2D eigenvalue weighted by Crippen LogP contribution is 2.20. The molecule has 3 rings (SSSR count). The highest BCUT2D eigenvalue weighted by atomic mass is 35.5. The molecule has 0 bridgehead atoms. The summed E-state index contributed by atoms with van der Waals surface area (Å²) >= 11 is 0. The van der Waals surface area contributed by atoms with Crippen molar-refractivity contribution >= 4 is 18.3 Å². The van der Waals surface area contributed by atoms with Crippen LogP contribution < -0.4 is 5.32 Å². The topological polar surface area (TPSA) is 50.2 Å². The molecule has 0 spiro atoms. The van der Waals surface area contributed by atoms with E-state index in [9.17, 15) is 9.18 Å². The van der Waals surface area contributed by atoms with Crippen molar-refractivity contribution in [2.45, 2.75) is 32.7 Å². The molecule has 1 aliphatic heterocycles. The average molecular weight is 367 g/mol. The van der Waals surface area contributed by atoms with E-state index in [-0.39, 0.29) is 30.2 Å². The van der Waals surface area contributed by atoms with Gasteiger partial charge in [-0.05, 0) is 51.1 Å². The Morgan fingerprint density at radius 1 is 1.36 bits per heavy atom. The number of amides is 1. The molecule has 25 heavy (non-hydrogen) atoms. The predicted octanol–water partition coefficient (Wildman–Crippen LogP) is 2.41. The van der Waals surface area contributed by atoms with Gasteiger partial charge < -0.3 is 10.2 Å². The summed E-state index contributed by atoms with van der Waals surface area (Å²) in [4.78, 5) is 14.4. The van der Waals surface area contributed by atoms with Crippen molar-refractivity contribution in [2.24, 2.45) is 0 Å². The van der Waals surface area contributed by atoms with Crippen LogP contribution in [0.15, 0.2) is 24.3 Å². The number of likely N-dealkylation sites (N-methyl/N-ethyl adjacent to an activating group) is 1. The molecule has 1 fully saturated rings. The van der Waals surface area contributed by atoms with Crippen molar-refractivity contribution in [3.63, 3.8) is 0 Å². The molecule has 7 heteroatoms. The summed E-state index contributed by atoms with van der Waals surface area (Å²) in [5, 5.41) is 7.82. The Balaban J connectivity index is 0.00000225. The van der Waals surface area contributed by atoms with Gasteiger partial charge in [-0.2, -0.15) is 5.10 Å². The number of benzene rings is 1. The van der Waals surface area contributed by atoms with Crippen LogP contribution in [0.4, 0.5) is 4.39 Å². The van der Waals surface area contributed by atoms with Crippen molar-refractivity contribution in [3.05, 3.63) is 47.0 Å². The van der Waals surface area contributed by atoms with Crippen LogP contribution in [0.1, 0.15) is 23.4 Å². The van der Waals surface area contributed by atoms with Crippen molar-refractivity contribution in [1.29, 1.82) is 0 Å². The van der Waals surface area contributed by atoms with Gasteiger partial charge in [0, 0.05) is 30.9 Å². The van der Waals surface area contributed by atoms with Gasteiger partial charge in [0.05, 0.1) is 17.8 Å². The molecule has 1 atom stereocenters. The van der Waals surface area contributed by atoms with Gasteiger partial charge in [0.1, 0.15) is 5.82 Å². The summed E-state index contributed by atoms with van der Waals surface area (Å²) in [5.41, 5.74) is 3.50. The predicted molar refractivity (Wildman–Crippen MR) is 98.0 cm³/mol. The zero-order chi connectivity index (χ0) is 17.3. The van der Waals surface area contributed by atoms with Crippen LogP contribution in [-0.4, -0.2) is 46.8 Å². The number of rotatable bonds is 4. The number of aromatic nitrogens is 2. The zero-order valence-corrected chi connectivity index (χ0v) is 15.6. The maximum Gasteiger partial charge on any atom is 0.227 e. The van der Waals surface area contributed by atoms with E-state index in [0.717, 1.165) is 42.1 Å². The standard InChI is InChI=1S/C18H23FN4O.ClH/c1-12-17(10-18(24)22(3)16-8-9-20-11-16)13(2)23(21-12)15-6-4-14(19)5-7-15;/h4-7,16,20H,8-11H2,1-3H3;1H. The average Bonchev–Trinajstić information content (AvgIpc) is 3.19. The number of halogens is 2. The zero-order valence-electron chi connectivity index (χ0n) is 14.8. The van der Waals surface area contributed by atoms with Gasteiger partial charge in [0.15, 0.2) is 0 Å². The Bertz CT molecular complexity index is 738. The SMILES string of the molecule is Cc1nn(-c2ccc(F)cc2)c(C)c1CC(=O)N(C)C1CCNC1.Cl. The lowest BCUT2D eigenvalue weighted by atomic mass is 10.1. The monoisotopic (exact) mass is 366 g/mol. The third-order valence-electron chi connectivity index (χ3n) is 4.82. The lowest BCUT2D eigenvalue weighted by Gasteiger charge is -2.23. The van der Waals surface area contributed by atoms with Gasteiger partial charge in [-0.1, -0.05) is 0 Å². The van der Waals surface area contributed by atoms with Crippen LogP contribution in [0.2, 0.25) is 0 Å². The van der Waals surface area contributed by atoms with Crippen LogP contribution in [0.3, 0.4) is 0 Å². The molecule has 1 N–H and O–H groups in total. The first-order chi connectivity index (χ1) is 11.5. The number of hydrogen-bond donors (Lipinski definition) is 1. The van der Waals surface area contributed by atoms with Crippen LogP contribution in [-0.2, 0) is 11.2 Å². The molecule has 1 aromatic heterocycles. The van der Waals surface area contributed by atoms with E-state index in [4.69, 9.17) is 0 Å². The van der Waals surface area contributed by atoms with Gasteiger partial charge in [0.2, 0.25) is 5.91 Å². The minimum Gasteiger partial charge on any atom is -0.341 e. The minimum absolute atomic E-state index is 0. The second kappa shape index (κ2) is 7.97. The van der Waals surface area contributed by atoms with E-state index in [0.29, 0.717) is 6.42 Å². The Kier molecular flexibility index (Phi) is 6.19. The molecule has 1 unspecified atom stereocenters. The number of carbonyl (C=O) groups excluding carboxylic acids is 1. The first-order valence-electron chi connectivity index (χ1n) is 8.25. The normalized spacial score (nSPS) is 16.6. The molecule has 2 heterocycles.